The number of aromatic hydroxyl groups is 1. The van der Waals surface area contributed by atoms with Gasteiger partial charge in [0.25, 0.3) is 0 Å². The first-order valence-electron chi connectivity index (χ1n) is 11.0. The number of phenolic OH excluding ortho intramolecular Hbond substituents is 1. The van der Waals surface area contributed by atoms with E-state index in [1.54, 1.807) is 11.0 Å². The van der Waals surface area contributed by atoms with Gasteiger partial charge >= 0.3 is 6.09 Å². The number of amides is 1. The molecule has 0 bridgehead atoms. The number of nitrogens with one attached hydrogen (secondary N) is 1. The van der Waals surface area contributed by atoms with Crippen molar-refractivity contribution < 1.29 is 14.6 Å². The van der Waals surface area contributed by atoms with Crippen molar-refractivity contribution in [1.29, 1.82) is 0 Å². The van der Waals surface area contributed by atoms with Crippen molar-refractivity contribution in [2.24, 2.45) is 4.99 Å². The second kappa shape index (κ2) is 8.71. The second-order valence-electron chi connectivity index (χ2n) is 8.53. The van der Waals surface area contributed by atoms with Crippen molar-refractivity contribution in [3.05, 3.63) is 64.7 Å². The van der Waals surface area contributed by atoms with Crippen molar-refractivity contribution in [2.75, 3.05) is 19.7 Å². The zero-order valence-electron chi connectivity index (χ0n) is 18.5. The number of phenols is 1. The van der Waals surface area contributed by atoms with E-state index in [-0.39, 0.29) is 12.1 Å². The summed E-state index contributed by atoms with van der Waals surface area (Å²) in [6.07, 6.45) is 1.83. The number of nitrogens with zero attached hydrogens (tertiary/aromatic N) is 2. The Hall–Kier alpha value is -2.86. The number of aryl methyl sites for hydroxylation is 2. The lowest BCUT2D eigenvalue weighted by molar-refractivity contribution is 0.0778. The van der Waals surface area contributed by atoms with Gasteiger partial charge in [0.05, 0.1) is 6.61 Å². The van der Waals surface area contributed by atoms with Crippen molar-refractivity contribution in [3.8, 4) is 5.75 Å². The Labute approximate surface area is 183 Å². The summed E-state index contributed by atoms with van der Waals surface area (Å²) in [4.78, 5) is 19.1. The number of piperidine rings is 1. The van der Waals surface area contributed by atoms with Gasteiger partial charge in [-0.15, -0.1) is 0 Å². The van der Waals surface area contributed by atoms with E-state index in [0.717, 1.165) is 16.8 Å². The van der Waals surface area contributed by atoms with E-state index in [9.17, 15) is 9.90 Å². The molecule has 0 unspecified atom stereocenters. The maximum Gasteiger partial charge on any atom is 0.409 e. The fourth-order valence-electron chi connectivity index (χ4n) is 4.51. The first-order valence-corrected chi connectivity index (χ1v) is 11.0. The van der Waals surface area contributed by atoms with Gasteiger partial charge in [0.15, 0.2) is 0 Å². The highest BCUT2D eigenvalue weighted by Gasteiger charge is 2.41. The monoisotopic (exact) mass is 421 g/mol. The average molecular weight is 422 g/mol. The van der Waals surface area contributed by atoms with Crippen LogP contribution in [-0.4, -0.2) is 47.2 Å². The van der Waals surface area contributed by atoms with Crippen molar-refractivity contribution in [3.63, 3.8) is 0 Å². The van der Waals surface area contributed by atoms with E-state index in [1.807, 2.05) is 25.1 Å². The molecule has 164 valence electrons. The van der Waals surface area contributed by atoms with Crippen LogP contribution < -0.4 is 5.32 Å². The van der Waals surface area contributed by atoms with E-state index < -0.39 is 5.66 Å². The van der Waals surface area contributed by atoms with Crippen LogP contribution in [0.15, 0.2) is 47.5 Å². The summed E-state index contributed by atoms with van der Waals surface area (Å²) in [6, 6.07) is 13.9. The molecule has 4 rings (SSSR count). The predicted octanol–water partition coefficient (Wildman–Crippen LogP) is 4.48. The number of rotatable bonds is 3. The highest BCUT2D eigenvalue weighted by molar-refractivity contribution is 6.02. The lowest BCUT2D eigenvalue weighted by Gasteiger charge is -2.45. The molecule has 0 aliphatic carbocycles. The molecule has 6 heteroatoms. The summed E-state index contributed by atoms with van der Waals surface area (Å²) in [5.41, 5.74) is 5.07. The van der Waals surface area contributed by atoms with Gasteiger partial charge in [-0.05, 0) is 49.6 Å². The van der Waals surface area contributed by atoms with Crippen LogP contribution in [-0.2, 0) is 4.74 Å². The summed E-state index contributed by atoms with van der Waals surface area (Å²) in [7, 11) is 0. The quantitative estimate of drug-likeness (QED) is 0.766. The predicted molar refractivity (Wildman–Crippen MR) is 122 cm³/mol. The van der Waals surface area contributed by atoms with Gasteiger partial charge in [-0.1, -0.05) is 30.3 Å². The molecule has 6 nitrogen and oxygen atoms in total. The van der Waals surface area contributed by atoms with Crippen LogP contribution >= 0.6 is 0 Å². The Morgan fingerprint density at radius 3 is 2.61 bits per heavy atom. The molecule has 2 aromatic carbocycles. The third-order valence-corrected chi connectivity index (χ3v) is 6.46. The normalized spacial score (nSPS) is 20.4. The van der Waals surface area contributed by atoms with Crippen LogP contribution in [0.25, 0.3) is 0 Å². The molecule has 2 N–H and O–H groups in total. The number of aliphatic imine (C=N–C) groups is 1. The second-order valence-corrected chi connectivity index (χ2v) is 8.53. The van der Waals surface area contributed by atoms with Gasteiger partial charge < -0.3 is 14.7 Å². The van der Waals surface area contributed by atoms with Crippen molar-refractivity contribution in [1.82, 2.24) is 10.2 Å². The van der Waals surface area contributed by atoms with E-state index in [4.69, 9.17) is 9.73 Å². The number of hydrogen-bond donors (Lipinski definition) is 2. The Morgan fingerprint density at radius 2 is 1.94 bits per heavy atom. The highest BCUT2D eigenvalue weighted by atomic mass is 16.6. The van der Waals surface area contributed by atoms with Crippen LogP contribution in [0.1, 0.15) is 54.5 Å². The third-order valence-electron chi connectivity index (χ3n) is 6.46. The number of likely N-dealkylation sites (tertiary alicyclic amines) is 1. The van der Waals surface area contributed by atoms with Crippen molar-refractivity contribution >= 4 is 11.8 Å². The fraction of sp³-hybridized carbons (Fsp3) is 0.440. The standard InChI is InChI=1S/C25H31N3O3/c1-4-31-24(30)28-13-11-25(12-14-28)26-21(19-10-9-17(2)18(3)15-19)16-22(27-25)20-7-5-6-8-23(20)29/h5-10,15,22,27,29H,4,11-14,16H2,1-3H3/t22-/m1/s1. The van der Waals surface area contributed by atoms with Gasteiger partial charge in [-0.3, -0.25) is 10.3 Å². The molecule has 1 spiro atoms. The molecule has 1 amide bonds. The first-order chi connectivity index (χ1) is 14.9. The molecule has 2 heterocycles. The molecule has 1 fully saturated rings. The number of ether oxygens (including phenoxy) is 1. The van der Waals surface area contributed by atoms with E-state index >= 15 is 0 Å². The van der Waals surface area contributed by atoms with Gasteiger partial charge in [-0.2, -0.15) is 0 Å². The molecule has 2 aromatic rings. The first kappa shape index (κ1) is 21.4. The van der Waals surface area contributed by atoms with E-state index in [0.29, 0.717) is 44.7 Å². The topological polar surface area (TPSA) is 74.2 Å². The highest BCUT2D eigenvalue weighted by Crippen LogP contribution is 2.37. The number of benzene rings is 2. The molecule has 0 aromatic heterocycles. The van der Waals surface area contributed by atoms with E-state index in [2.05, 4.69) is 37.4 Å². The van der Waals surface area contributed by atoms with Gasteiger partial charge in [0.2, 0.25) is 0 Å². The average Bonchev–Trinajstić information content (AvgIpc) is 2.76. The molecular formula is C25H31N3O3. The summed E-state index contributed by atoms with van der Waals surface area (Å²) in [5.74, 6) is 0.292. The number of carbonyl (C=O) groups is 1. The summed E-state index contributed by atoms with van der Waals surface area (Å²) in [6.45, 7) is 7.60. The fourth-order valence-corrected chi connectivity index (χ4v) is 4.51. The lowest BCUT2D eigenvalue weighted by atomic mass is 9.87. The molecule has 0 radical (unpaired) electrons. The molecule has 2 aliphatic heterocycles. The van der Waals surface area contributed by atoms with Crippen LogP contribution in [0, 0.1) is 13.8 Å². The molecule has 1 saturated heterocycles. The molecule has 0 saturated carbocycles. The smallest absolute Gasteiger partial charge is 0.409 e. The number of hydrogen-bond acceptors (Lipinski definition) is 5. The van der Waals surface area contributed by atoms with Crippen LogP contribution in [0.2, 0.25) is 0 Å². The van der Waals surface area contributed by atoms with E-state index in [1.165, 1.54) is 11.1 Å². The third kappa shape index (κ3) is 4.44. The number of para-hydroxylation sites is 1. The Kier molecular flexibility index (Phi) is 6.01. The molecule has 2 aliphatic rings. The van der Waals surface area contributed by atoms with Crippen LogP contribution in [0.4, 0.5) is 4.79 Å². The zero-order valence-corrected chi connectivity index (χ0v) is 18.5. The van der Waals surface area contributed by atoms with Gasteiger partial charge in [0, 0.05) is 49.7 Å². The summed E-state index contributed by atoms with van der Waals surface area (Å²) >= 11 is 0. The summed E-state index contributed by atoms with van der Waals surface area (Å²) in [5, 5.41) is 14.2. The number of carbonyl (C=O) groups excluding carboxylic acids is 1. The molecule has 1 atom stereocenters. The maximum absolute atomic E-state index is 12.2. The minimum Gasteiger partial charge on any atom is -0.508 e. The van der Waals surface area contributed by atoms with Gasteiger partial charge in [0.1, 0.15) is 11.4 Å². The Morgan fingerprint density at radius 1 is 1.19 bits per heavy atom. The largest absolute Gasteiger partial charge is 0.508 e. The maximum atomic E-state index is 12.2. The Bertz CT molecular complexity index is 993. The Balaban J connectivity index is 1.67. The minimum atomic E-state index is -0.470. The lowest BCUT2D eigenvalue weighted by Crippen LogP contribution is -2.56. The molecular weight excluding hydrogens is 390 g/mol. The summed E-state index contributed by atoms with van der Waals surface area (Å²) < 4.78 is 5.18. The minimum absolute atomic E-state index is 0.0514. The molecule has 31 heavy (non-hydrogen) atoms. The van der Waals surface area contributed by atoms with Crippen LogP contribution in [0.3, 0.4) is 0 Å². The zero-order chi connectivity index (χ0) is 22.0. The van der Waals surface area contributed by atoms with Gasteiger partial charge in [-0.25, -0.2) is 4.79 Å². The van der Waals surface area contributed by atoms with Crippen LogP contribution in [0.5, 0.6) is 5.75 Å². The van der Waals surface area contributed by atoms with Crippen molar-refractivity contribution in [2.45, 2.75) is 51.7 Å². The SMILES string of the molecule is CCOC(=O)N1CCC2(CC1)N=C(c1ccc(C)c(C)c1)C[C@H](c1ccccc1O)N2.